The molecule has 2 atom stereocenters. The van der Waals surface area contributed by atoms with Crippen molar-refractivity contribution in [1.29, 1.82) is 0 Å². The first kappa shape index (κ1) is 22.4. The minimum atomic E-state index is -3.59. The number of aryl methyl sites for hydroxylation is 1. The average molecular weight is 463 g/mol. The zero-order valence-electron chi connectivity index (χ0n) is 18.3. The van der Waals surface area contributed by atoms with Crippen molar-refractivity contribution in [2.45, 2.75) is 25.9 Å². The number of likely N-dealkylation sites (N-methyl/N-ethyl adjacent to an activating group) is 1. The van der Waals surface area contributed by atoms with Crippen molar-refractivity contribution in [3.63, 3.8) is 0 Å². The Morgan fingerprint density at radius 2 is 2.06 bits per heavy atom. The Labute approximate surface area is 188 Å². The van der Waals surface area contributed by atoms with Crippen LogP contribution in [-0.2, 0) is 20.0 Å². The molecule has 0 aliphatic carbocycles. The van der Waals surface area contributed by atoms with E-state index in [0.717, 1.165) is 46.3 Å². The SMILES string of the molecule is COc1ccc2c(c1)c(CCN(C)C)cn2P1(=O)OCCC(c2cc(C)cc(Cl)c2)O1. The number of benzene rings is 2. The van der Waals surface area contributed by atoms with Gasteiger partial charge < -0.3 is 9.64 Å². The predicted octanol–water partition coefficient (Wildman–Crippen LogP) is 5.85. The maximum atomic E-state index is 14.0. The van der Waals surface area contributed by atoms with Crippen molar-refractivity contribution in [1.82, 2.24) is 9.24 Å². The molecular weight excluding hydrogens is 435 g/mol. The molecule has 0 spiro atoms. The Morgan fingerprint density at radius 3 is 2.77 bits per heavy atom. The van der Waals surface area contributed by atoms with Gasteiger partial charge in [0.05, 0.1) is 25.3 Å². The number of nitrogens with zero attached hydrogens (tertiary/aromatic N) is 2. The summed E-state index contributed by atoms with van der Waals surface area (Å²) in [4.78, 5) is 2.12. The van der Waals surface area contributed by atoms with Crippen LogP contribution in [0.2, 0.25) is 5.02 Å². The van der Waals surface area contributed by atoms with Crippen LogP contribution < -0.4 is 4.74 Å². The quantitative estimate of drug-likeness (QED) is 0.430. The standard InChI is InChI=1S/C23H28ClN2O4P/c1-16-11-18(13-19(24)12-16)23-8-10-29-31(27,30-23)26-15-17(7-9-25(2)3)21-14-20(28-4)5-6-22(21)26/h5-6,11-15,23H,7-10H2,1-4H3. The van der Waals surface area contributed by atoms with E-state index in [4.69, 9.17) is 25.4 Å². The lowest BCUT2D eigenvalue weighted by molar-refractivity contribution is 0.0771. The molecule has 3 aromatic rings. The Morgan fingerprint density at radius 1 is 1.26 bits per heavy atom. The Bertz CT molecular complexity index is 1120. The summed E-state index contributed by atoms with van der Waals surface area (Å²) in [6, 6.07) is 11.5. The van der Waals surface area contributed by atoms with Gasteiger partial charge in [-0.3, -0.25) is 13.4 Å². The molecule has 0 radical (unpaired) electrons. The van der Waals surface area contributed by atoms with E-state index in [9.17, 15) is 4.57 Å². The van der Waals surface area contributed by atoms with Crippen LogP contribution in [0.5, 0.6) is 5.75 Å². The molecule has 0 N–H and O–H groups in total. The number of rotatable bonds is 6. The summed E-state index contributed by atoms with van der Waals surface area (Å²) in [7, 11) is 2.12. The van der Waals surface area contributed by atoms with E-state index in [1.165, 1.54) is 0 Å². The highest BCUT2D eigenvalue weighted by molar-refractivity contribution is 7.52. The molecule has 166 valence electrons. The number of halogens is 1. The van der Waals surface area contributed by atoms with Crippen molar-refractivity contribution >= 4 is 30.3 Å². The van der Waals surface area contributed by atoms with Gasteiger partial charge in [0, 0.05) is 29.6 Å². The normalized spacial score (nSPS) is 21.7. The molecule has 1 fully saturated rings. The fourth-order valence-electron chi connectivity index (χ4n) is 3.94. The third-order valence-corrected chi connectivity index (χ3v) is 7.60. The number of hydrogen-bond acceptors (Lipinski definition) is 5. The summed E-state index contributed by atoms with van der Waals surface area (Å²) in [5.41, 5.74) is 3.84. The molecule has 1 aromatic heterocycles. The van der Waals surface area contributed by atoms with Crippen molar-refractivity contribution < 1.29 is 18.3 Å². The summed E-state index contributed by atoms with van der Waals surface area (Å²) >= 11 is 6.25. The van der Waals surface area contributed by atoms with E-state index in [1.54, 1.807) is 11.4 Å². The summed E-state index contributed by atoms with van der Waals surface area (Å²) in [5, 5.41) is 1.63. The van der Waals surface area contributed by atoms with Gasteiger partial charge in [-0.25, -0.2) is 4.57 Å². The minimum absolute atomic E-state index is 0.344. The summed E-state index contributed by atoms with van der Waals surface area (Å²) in [5.74, 6) is 0.757. The average Bonchev–Trinajstić information content (AvgIpc) is 3.10. The maximum Gasteiger partial charge on any atom is 0.439 e. The Hall–Kier alpha value is -1.82. The van der Waals surface area contributed by atoms with Gasteiger partial charge in [0.2, 0.25) is 0 Å². The summed E-state index contributed by atoms with van der Waals surface area (Å²) < 4.78 is 33.0. The maximum absolute atomic E-state index is 14.0. The number of ether oxygens (including phenoxy) is 1. The highest BCUT2D eigenvalue weighted by Gasteiger charge is 2.38. The number of methoxy groups -OCH3 is 1. The van der Waals surface area contributed by atoms with Crippen LogP contribution >= 0.6 is 19.3 Å². The number of fused-ring (bicyclic) bond motifs is 1. The molecule has 8 heteroatoms. The third kappa shape index (κ3) is 4.69. The van der Waals surface area contributed by atoms with Crippen molar-refractivity contribution in [3.8, 4) is 5.75 Å². The fraction of sp³-hybridized carbons (Fsp3) is 0.391. The van der Waals surface area contributed by atoms with Crippen LogP contribution in [0, 0.1) is 6.92 Å². The molecule has 1 saturated heterocycles. The van der Waals surface area contributed by atoms with Gasteiger partial charge >= 0.3 is 7.75 Å². The second-order valence-electron chi connectivity index (χ2n) is 8.18. The smallest absolute Gasteiger partial charge is 0.439 e. The monoisotopic (exact) mass is 462 g/mol. The molecule has 31 heavy (non-hydrogen) atoms. The van der Waals surface area contributed by atoms with Gasteiger partial charge in [0.1, 0.15) is 5.75 Å². The zero-order valence-corrected chi connectivity index (χ0v) is 20.0. The molecule has 1 aliphatic rings. The molecule has 0 amide bonds. The molecule has 6 nitrogen and oxygen atoms in total. The summed E-state index contributed by atoms with van der Waals surface area (Å²) in [6.07, 6.45) is 2.98. The van der Waals surface area contributed by atoms with Gasteiger partial charge in [0.15, 0.2) is 0 Å². The molecule has 2 heterocycles. The first-order valence-electron chi connectivity index (χ1n) is 10.3. The highest BCUT2D eigenvalue weighted by atomic mass is 35.5. The number of hydrogen-bond donors (Lipinski definition) is 0. The lowest BCUT2D eigenvalue weighted by atomic mass is 10.0. The van der Waals surface area contributed by atoms with Crippen LogP contribution in [0.15, 0.2) is 42.6 Å². The van der Waals surface area contributed by atoms with E-state index in [1.807, 2.05) is 63.6 Å². The first-order chi connectivity index (χ1) is 14.8. The van der Waals surface area contributed by atoms with E-state index < -0.39 is 7.75 Å². The van der Waals surface area contributed by atoms with Crippen molar-refractivity contribution in [3.05, 3.63) is 64.3 Å². The number of aromatic nitrogens is 1. The predicted molar refractivity (Wildman–Crippen MR) is 124 cm³/mol. The molecule has 1 aliphatic heterocycles. The third-order valence-electron chi connectivity index (χ3n) is 5.50. The van der Waals surface area contributed by atoms with Crippen LogP contribution in [-0.4, -0.2) is 43.6 Å². The molecule has 2 unspecified atom stereocenters. The fourth-order valence-corrected chi connectivity index (χ4v) is 6.13. The minimum Gasteiger partial charge on any atom is -0.497 e. The molecule has 0 saturated carbocycles. The van der Waals surface area contributed by atoms with Gasteiger partial charge in [-0.1, -0.05) is 17.7 Å². The summed E-state index contributed by atoms with van der Waals surface area (Å²) in [6.45, 7) is 3.20. The van der Waals surface area contributed by atoms with Gasteiger partial charge in [-0.2, -0.15) is 0 Å². The van der Waals surface area contributed by atoms with E-state index in [2.05, 4.69) is 4.90 Å². The first-order valence-corrected chi connectivity index (χ1v) is 12.2. The highest BCUT2D eigenvalue weighted by Crippen LogP contribution is 2.58. The van der Waals surface area contributed by atoms with E-state index in [0.29, 0.717) is 18.1 Å². The van der Waals surface area contributed by atoms with Crippen LogP contribution in [0.1, 0.15) is 29.2 Å². The van der Waals surface area contributed by atoms with Gasteiger partial charge in [0.25, 0.3) is 0 Å². The van der Waals surface area contributed by atoms with Gasteiger partial charge in [-0.05, 0) is 74.5 Å². The largest absolute Gasteiger partial charge is 0.497 e. The topological polar surface area (TPSA) is 52.9 Å². The zero-order chi connectivity index (χ0) is 22.2. The second kappa shape index (κ2) is 8.97. The van der Waals surface area contributed by atoms with Crippen LogP contribution in [0.3, 0.4) is 0 Å². The van der Waals surface area contributed by atoms with E-state index in [-0.39, 0.29) is 6.10 Å². The van der Waals surface area contributed by atoms with Crippen LogP contribution in [0.25, 0.3) is 10.9 Å². The lowest BCUT2D eigenvalue weighted by Crippen LogP contribution is -2.17. The van der Waals surface area contributed by atoms with Crippen LogP contribution in [0.4, 0.5) is 0 Å². The second-order valence-corrected chi connectivity index (χ2v) is 10.5. The molecule has 0 bridgehead atoms. The molecular formula is C23H28ClN2O4P. The molecule has 2 aromatic carbocycles. The van der Waals surface area contributed by atoms with Crippen molar-refractivity contribution in [2.24, 2.45) is 0 Å². The molecule has 4 rings (SSSR count). The van der Waals surface area contributed by atoms with E-state index >= 15 is 0 Å². The Balaban J connectivity index is 1.74. The lowest BCUT2D eigenvalue weighted by Gasteiger charge is -2.31. The van der Waals surface area contributed by atoms with Gasteiger partial charge in [-0.15, -0.1) is 0 Å². The van der Waals surface area contributed by atoms with Crippen molar-refractivity contribution in [2.75, 3.05) is 34.4 Å². The Kier molecular flexibility index (Phi) is 6.47.